The zero-order valence-corrected chi connectivity index (χ0v) is 18.2. The molecule has 0 bridgehead atoms. The number of nitrogen functional groups attached to an aromatic ring is 1. The van der Waals surface area contributed by atoms with Crippen molar-refractivity contribution in [2.24, 2.45) is 4.99 Å². The molecule has 0 saturated heterocycles. The van der Waals surface area contributed by atoms with Crippen LogP contribution < -0.4 is 5.73 Å². The highest BCUT2D eigenvalue weighted by Gasteiger charge is 2.38. The van der Waals surface area contributed by atoms with Gasteiger partial charge in [0, 0.05) is 23.5 Å². The van der Waals surface area contributed by atoms with Gasteiger partial charge in [0.1, 0.15) is 17.9 Å². The van der Waals surface area contributed by atoms with Crippen LogP contribution in [-0.4, -0.2) is 23.9 Å². The molecule has 0 unspecified atom stereocenters. The molecule has 5 nitrogen and oxygen atoms in total. The van der Waals surface area contributed by atoms with Crippen LogP contribution in [0.3, 0.4) is 0 Å². The molecule has 0 spiro atoms. The molecule has 1 aliphatic rings. The number of carbonyl (C=O) groups is 1. The maximum atomic E-state index is 11.9. The zero-order chi connectivity index (χ0) is 22.1. The van der Waals surface area contributed by atoms with E-state index in [9.17, 15) is 9.90 Å². The van der Waals surface area contributed by atoms with E-state index in [1.165, 1.54) is 29.3 Å². The van der Waals surface area contributed by atoms with E-state index in [2.05, 4.69) is 45.3 Å². The van der Waals surface area contributed by atoms with Gasteiger partial charge in [0.15, 0.2) is 0 Å². The minimum absolute atomic E-state index is 0.00447. The summed E-state index contributed by atoms with van der Waals surface area (Å²) in [6.45, 7) is 12.6. The minimum Gasteiger partial charge on any atom is -0.507 e. The van der Waals surface area contributed by atoms with Crippen LogP contribution in [0.1, 0.15) is 67.6 Å². The summed E-state index contributed by atoms with van der Waals surface area (Å²) in [6, 6.07) is 8.74. The molecular formula is C25H30N2O3. The highest BCUT2D eigenvalue weighted by atomic mass is 16.5. The third kappa shape index (κ3) is 4.11. The van der Waals surface area contributed by atoms with Gasteiger partial charge in [-0.25, -0.2) is 4.79 Å². The zero-order valence-electron chi connectivity index (χ0n) is 18.2. The van der Waals surface area contributed by atoms with Crippen molar-refractivity contribution in [1.29, 1.82) is 0 Å². The Morgan fingerprint density at radius 3 is 2.57 bits per heavy atom. The van der Waals surface area contributed by atoms with Gasteiger partial charge in [-0.2, -0.15) is 0 Å². The van der Waals surface area contributed by atoms with E-state index in [0.717, 1.165) is 24.1 Å². The number of phenolic OH excluding ortho intramolecular Hbond substituents is 1. The van der Waals surface area contributed by atoms with Crippen molar-refractivity contribution in [1.82, 2.24) is 0 Å². The van der Waals surface area contributed by atoms with Gasteiger partial charge < -0.3 is 15.6 Å². The average Bonchev–Trinajstić information content (AvgIpc) is 2.68. The first-order valence-corrected chi connectivity index (χ1v) is 10.2. The van der Waals surface area contributed by atoms with Crippen LogP contribution in [0.5, 0.6) is 5.75 Å². The quantitative estimate of drug-likeness (QED) is 0.301. The number of aromatic hydroxyl groups is 1. The van der Waals surface area contributed by atoms with Crippen molar-refractivity contribution in [2.45, 2.75) is 51.4 Å². The van der Waals surface area contributed by atoms with Gasteiger partial charge in [0.05, 0.1) is 5.69 Å². The fraction of sp³-hybridized carbons (Fsp3) is 0.360. The molecule has 1 aliphatic carbocycles. The number of aliphatic imine (C=N–C) groups is 1. The van der Waals surface area contributed by atoms with Crippen LogP contribution in [0.2, 0.25) is 0 Å². The third-order valence-corrected chi connectivity index (χ3v) is 5.95. The molecular weight excluding hydrogens is 376 g/mol. The number of anilines is 1. The van der Waals surface area contributed by atoms with Crippen LogP contribution in [-0.2, 0) is 15.6 Å². The molecule has 2 aromatic rings. The summed E-state index contributed by atoms with van der Waals surface area (Å²) in [5.41, 5.74) is 11.4. The van der Waals surface area contributed by atoms with E-state index in [4.69, 9.17) is 10.5 Å². The molecule has 0 saturated carbocycles. The number of benzene rings is 2. The Bertz CT molecular complexity index is 1020. The second-order valence-electron chi connectivity index (χ2n) is 9.11. The summed E-state index contributed by atoms with van der Waals surface area (Å²) in [5, 5.41) is 10.2. The summed E-state index contributed by atoms with van der Waals surface area (Å²) in [4.78, 5) is 16.4. The molecule has 158 valence electrons. The van der Waals surface area contributed by atoms with E-state index in [1.807, 2.05) is 6.07 Å². The number of hydrogen-bond donors (Lipinski definition) is 2. The van der Waals surface area contributed by atoms with E-state index in [-0.39, 0.29) is 28.7 Å². The van der Waals surface area contributed by atoms with Crippen LogP contribution in [0.15, 0.2) is 48.0 Å². The number of ether oxygens (including phenoxy) is 1. The predicted octanol–water partition coefficient (Wildman–Crippen LogP) is 5.42. The average molecular weight is 407 g/mol. The normalized spacial score (nSPS) is 16.8. The number of rotatable bonds is 5. The van der Waals surface area contributed by atoms with Crippen LogP contribution in [0, 0.1) is 0 Å². The largest absolute Gasteiger partial charge is 0.507 e. The van der Waals surface area contributed by atoms with E-state index in [1.54, 1.807) is 12.3 Å². The van der Waals surface area contributed by atoms with Crippen molar-refractivity contribution in [3.8, 4) is 5.75 Å². The number of hydrogen-bond acceptors (Lipinski definition) is 5. The molecule has 2 aromatic carbocycles. The summed E-state index contributed by atoms with van der Waals surface area (Å²) < 4.78 is 4.96. The van der Waals surface area contributed by atoms with Gasteiger partial charge in [0.25, 0.3) is 0 Å². The van der Waals surface area contributed by atoms with Gasteiger partial charge in [0.2, 0.25) is 0 Å². The van der Waals surface area contributed by atoms with Crippen molar-refractivity contribution >= 4 is 23.6 Å². The Labute approximate surface area is 178 Å². The topological polar surface area (TPSA) is 84.9 Å². The lowest BCUT2D eigenvalue weighted by molar-refractivity contribution is 0.0546. The number of carbonyl (C=O) groups excluding carboxylic acids is 1. The summed E-state index contributed by atoms with van der Waals surface area (Å²) in [7, 11) is 0. The first-order chi connectivity index (χ1) is 14.1. The first-order valence-electron chi connectivity index (χ1n) is 10.2. The fourth-order valence-electron chi connectivity index (χ4n) is 4.06. The molecule has 0 radical (unpaired) electrons. The van der Waals surface area contributed by atoms with E-state index in [0.29, 0.717) is 5.69 Å². The molecule has 0 fully saturated rings. The lowest BCUT2D eigenvalue weighted by Gasteiger charge is -2.42. The first kappa shape index (κ1) is 21.6. The van der Waals surface area contributed by atoms with Crippen LogP contribution in [0.4, 0.5) is 11.4 Å². The predicted molar refractivity (Wildman–Crippen MR) is 122 cm³/mol. The van der Waals surface area contributed by atoms with Gasteiger partial charge in [-0.1, -0.05) is 52.5 Å². The minimum atomic E-state index is -0.605. The Morgan fingerprint density at radius 2 is 1.90 bits per heavy atom. The molecule has 3 rings (SSSR count). The SMILES string of the molecule is C=CCOC(=O)c1ccc(N=Cc2ccc3c(c2N)C(C)(C)CCC3(C)C)cc1O. The van der Waals surface area contributed by atoms with Crippen molar-refractivity contribution in [3.63, 3.8) is 0 Å². The Kier molecular flexibility index (Phi) is 5.75. The number of phenols is 1. The van der Waals surface area contributed by atoms with Crippen LogP contribution >= 0.6 is 0 Å². The Morgan fingerprint density at radius 1 is 1.20 bits per heavy atom. The van der Waals surface area contributed by atoms with Gasteiger partial charge in [-0.05, 0) is 46.9 Å². The molecule has 0 aliphatic heterocycles. The molecule has 30 heavy (non-hydrogen) atoms. The summed E-state index contributed by atoms with van der Waals surface area (Å²) in [6.07, 6.45) is 5.38. The van der Waals surface area contributed by atoms with Crippen molar-refractivity contribution in [2.75, 3.05) is 12.3 Å². The number of nitrogens with zero attached hydrogens (tertiary/aromatic N) is 1. The van der Waals surface area contributed by atoms with Crippen molar-refractivity contribution in [3.05, 3.63) is 65.2 Å². The van der Waals surface area contributed by atoms with Gasteiger partial charge in [-0.3, -0.25) is 4.99 Å². The monoisotopic (exact) mass is 406 g/mol. The maximum absolute atomic E-state index is 11.9. The van der Waals surface area contributed by atoms with Gasteiger partial charge in [-0.15, -0.1) is 0 Å². The number of nitrogens with two attached hydrogens (primary N) is 1. The lowest BCUT2D eigenvalue weighted by atomic mass is 9.62. The van der Waals surface area contributed by atoms with E-state index >= 15 is 0 Å². The molecule has 3 N–H and O–H groups in total. The smallest absolute Gasteiger partial charge is 0.342 e. The second-order valence-corrected chi connectivity index (χ2v) is 9.11. The number of esters is 1. The highest BCUT2D eigenvalue weighted by Crippen LogP contribution is 2.48. The molecule has 0 heterocycles. The molecule has 0 atom stereocenters. The molecule has 0 aromatic heterocycles. The standard InChI is InChI=1S/C25H30N2O3/c1-6-13-30-23(29)18-9-8-17(14-20(18)28)27-15-16-7-10-19-21(22(16)26)25(4,5)12-11-24(19,2)3/h6-10,14-15,28H,1,11-13,26H2,2-5H3. The molecule has 0 amide bonds. The highest BCUT2D eigenvalue weighted by molar-refractivity contribution is 5.94. The number of fused-ring (bicyclic) bond motifs is 1. The second kappa shape index (κ2) is 7.98. The van der Waals surface area contributed by atoms with Crippen molar-refractivity contribution < 1.29 is 14.6 Å². The lowest BCUT2D eigenvalue weighted by Crippen LogP contribution is -2.35. The van der Waals surface area contributed by atoms with Crippen LogP contribution in [0.25, 0.3) is 0 Å². The molecule has 5 heteroatoms. The summed E-state index contributed by atoms with van der Waals surface area (Å²) in [5.74, 6) is -0.785. The van der Waals surface area contributed by atoms with Gasteiger partial charge >= 0.3 is 5.97 Å². The maximum Gasteiger partial charge on any atom is 0.342 e. The Balaban J connectivity index is 1.91. The Hall–Kier alpha value is -3.08. The third-order valence-electron chi connectivity index (χ3n) is 5.95. The van der Waals surface area contributed by atoms with E-state index < -0.39 is 5.97 Å². The fourth-order valence-corrected chi connectivity index (χ4v) is 4.06. The summed E-state index contributed by atoms with van der Waals surface area (Å²) >= 11 is 0.